The molecule has 2 aromatic carbocycles. The Balaban J connectivity index is 1.25. The van der Waals surface area contributed by atoms with E-state index in [0.29, 0.717) is 65.1 Å². The number of aliphatic hydroxyl groups is 5. The predicted molar refractivity (Wildman–Crippen MR) is 204 cm³/mol. The molecule has 15 nitrogen and oxygen atoms in total. The molecule has 15 heteroatoms. The van der Waals surface area contributed by atoms with E-state index in [-0.39, 0.29) is 41.9 Å². The van der Waals surface area contributed by atoms with Crippen LogP contribution < -0.4 is 20.4 Å². The fourth-order valence-corrected chi connectivity index (χ4v) is 8.17. The molecule has 56 heavy (non-hydrogen) atoms. The van der Waals surface area contributed by atoms with Crippen molar-refractivity contribution < 1.29 is 54.4 Å². The van der Waals surface area contributed by atoms with Crippen LogP contribution in [0.4, 0.5) is 5.69 Å². The molecule has 1 aromatic heterocycles. The van der Waals surface area contributed by atoms with Gasteiger partial charge in [0.1, 0.15) is 59.4 Å². The zero-order valence-corrected chi connectivity index (χ0v) is 31.6. The Kier molecular flexibility index (Phi) is 11.1. The summed E-state index contributed by atoms with van der Waals surface area (Å²) in [6.07, 6.45) is 1.03. The summed E-state index contributed by atoms with van der Waals surface area (Å²) in [5, 5.41) is 66.3. The first-order chi connectivity index (χ1) is 26.7. The van der Waals surface area contributed by atoms with Crippen molar-refractivity contribution in [1.29, 1.82) is 0 Å². The van der Waals surface area contributed by atoms with E-state index in [1.54, 1.807) is 19.2 Å². The molecule has 8 unspecified atom stereocenters. The molecule has 4 aliphatic heterocycles. The molecule has 7 rings (SSSR count). The van der Waals surface area contributed by atoms with Crippen LogP contribution in [0.1, 0.15) is 56.4 Å². The lowest BCUT2D eigenvalue weighted by Gasteiger charge is -2.44. The van der Waals surface area contributed by atoms with Crippen LogP contribution in [0.5, 0.6) is 11.5 Å². The topological polar surface area (TPSA) is 224 Å². The standard InChI is InChI=1S/C41H49N3O12/c1-4-30-27-10-12-42-29(27)19-44(30)35-37-25(15-28-31(47)13-22(2)54-38(28)35)16-33(40(3,55-37)11-9-24-14-34(49)43-18-24)56-53-21-41(52,39(51)36(50)32(48)20-45)17-23-5-7-26(46)8-6-23/h5-8,10,12-13,15,19,24,30,32-33,36,39,45-46,48,50-52H,4,9,11,14,16-18,20-21H2,1-3H3,(H,43,49). The molecule has 1 saturated heterocycles. The number of aliphatic hydroxyl groups excluding tert-OH is 4. The fourth-order valence-electron chi connectivity index (χ4n) is 8.17. The van der Waals surface area contributed by atoms with E-state index in [1.807, 2.05) is 19.2 Å². The van der Waals surface area contributed by atoms with Gasteiger partial charge in [-0.25, -0.2) is 9.78 Å². The maximum absolute atomic E-state index is 13.5. The zero-order chi connectivity index (χ0) is 39.9. The third-order valence-corrected chi connectivity index (χ3v) is 11.4. The van der Waals surface area contributed by atoms with E-state index in [2.05, 4.69) is 22.1 Å². The predicted octanol–water partition coefficient (Wildman–Crippen LogP) is 2.23. The maximum Gasteiger partial charge on any atom is 0.220 e. The Bertz CT molecular complexity index is 2110. The lowest BCUT2D eigenvalue weighted by molar-refractivity contribution is -0.371. The zero-order valence-electron chi connectivity index (χ0n) is 31.6. The van der Waals surface area contributed by atoms with Crippen molar-refractivity contribution in [1.82, 2.24) is 5.32 Å². The summed E-state index contributed by atoms with van der Waals surface area (Å²) < 4.78 is 13.4. The van der Waals surface area contributed by atoms with E-state index in [0.717, 1.165) is 17.7 Å². The second-order valence-electron chi connectivity index (χ2n) is 15.6. The highest BCUT2D eigenvalue weighted by Crippen LogP contribution is 2.50. The maximum atomic E-state index is 13.5. The van der Waals surface area contributed by atoms with E-state index in [1.165, 1.54) is 30.3 Å². The molecule has 7 N–H and O–H groups in total. The molecule has 300 valence electrons. The Labute approximate surface area is 323 Å². The number of ether oxygens (including phenoxy) is 1. The number of hydrogen-bond donors (Lipinski definition) is 7. The van der Waals surface area contributed by atoms with Crippen LogP contribution in [-0.4, -0.2) is 104 Å². The van der Waals surface area contributed by atoms with Crippen LogP contribution in [-0.2, 0) is 27.4 Å². The highest BCUT2D eigenvalue weighted by molar-refractivity contribution is 5.96. The van der Waals surface area contributed by atoms with Gasteiger partial charge in [0.15, 0.2) is 16.8 Å². The minimum absolute atomic E-state index is 0.0216. The molecule has 1 amide bonds. The lowest BCUT2D eigenvalue weighted by Crippen LogP contribution is -2.58. The van der Waals surface area contributed by atoms with Gasteiger partial charge in [0.2, 0.25) is 5.91 Å². The number of nitrogens with one attached hydrogen (secondary N) is 1. The number of phenols is 1. The smallest absolute Gasteiger partial charge is 0.220 e. The summed E-state index contributed by atoms with van der Waals surface area (Å²) in [5.74, 6) is 0.928. The molecule has 0 bridgehead atoms. The van der Waals surface area contributed by atoms with Crippen molar-refractivity contribution in [3.05, 3.63) is 87.1 Å². The van der Waals surface area contributed by atoms with E-state index < -0.39 is 48.8 Å². The minimum atomic E-state index is -2.26. The Morgan fingerprint density at radius 1 is 1.14 bits per heavy atom. The number of carbonyl (C=O) groups is 1. The average molecular weight is 776 g/mol. The van der Waals surface area contributed by atoms with Crippen LogP contribution >= 0.6 is 0 Å². The molecule has 5 heterocycles. The summed E-state index contributed by atoms with van der Waals surface area (Å²) in [5.41, 5.74) is 0.274. The number of allylic oxidation sites excluding steroid dienone is 1. The normalized spacial score (nSPS) is 25.5. The summed E-state index contributed by atoms with van der Waals surface area (Å²) in [6.45, 7) is 4.60. The van der Waals surface area contributed by atoms with Gasteiger partial charge in [-0.2, -0.15) is 0 Å². The van der Waals surface area contributed by atoms with Crippen LogP contribution in [0, 0.1) is 12.8 Å². The van der Waals surface area contributed by atoms with Gasteiger partial charge in [-0.15, -0.1) is 0 Å². The van der Waals surface area contributed by atoms with Crippen LogP contribution in [0.15, 0.2) is 74.1 Å². The molecule has 4 aliphatic rings. The number of rotatable bonds is 15. The van der Waals surface area contributed by atoms with Crippen molar-refractivity contribution in [2.75, 3.05) is 24.7 Å². The Morgan fingerprint density at radius 3 is 2.61 bits per heavy atom. The highest BCUT2D eigenvalue weighted by Gasteiger charge is 2.48. The summed E-state index contributed by atoms with van der Waals surface area (Å²) in [6, 6.07) is 8.87. The van der Waals surface area contributed by atoms with Gasteiger partial charge in [-0.1, -0.05) is 19.1 Å². The fraction of sp³-hybridized carbons (Fsp3) is 0.488. The number of nitrogens with zero attached hydrogens (tertiary/aromatic N) is 2. The number of hydrogen-bond acceptors (Lipinski definition) is 14. The number of fused-ring (bicyclic) bond motifs is 3. The van der Waals surface area contributed by atoms with Gasteiger partial charge >= 0.3 is 0 Å². The Morgan fingerprint density at radius 2 is 1.91 bits per heavy atom. The first-order valence-electron chi connectivity index (χ1n) is 19.0. The van der Waals surface area contributed by atoms with Gasteiger partial charge in [0, 0.05) is 55.4 Å². The highest BCUT2D eigenvalue weighted by atomic mass is 17.2. The quantitative estimate of drug-likeness (QED) is 0.0871. The first-order valence-corrected chi connectivity index (χ1v) is 19.0. The van der Waals surface area contributed by atoms with E-state index >= 15 is 0 Å². The summed E-state index contributed by atoms with van der Waals surface area (Å²) in [7, 11) is 0. The Hall–Kier alpha value is -4.61. The van der Waals surface area contributed by atoms with Gasteiger partial charge in [-0.3, -0.25) is 14.6 Å². The number of phenolic OH excluding ortho intramolecular Hbond substituents is 1. The molecule has 0 radical (unpaired) electrons. The molecule has 0 saturated carbocycles. The van der Waals surface area contributed by atoms with Gasteiger partial charge in [-0.05, 0) is 68.9 Å². The number of anilines is 1. The lowest BCUT2D eigenvalue weighted by atomic mass is 9.83. The molecule has 8 atom stereocenters. The first kappa shape index (κ1) is 39.6. The second-order valence-corrected chi connectivity index (χ2v) is 15.6. The van der Waals surface area contributed by atoms with Crippen LogP contribution in [0.25, 0.3) is 11.0 Å². The van der Waals surface area contributed by atoms with Crippen LogP contribution in [0.2, 0.25) is 0 Å². The number of aromatic hydroxyl groups is 1. The largest absolute Gasteiger partial charge is 0.508 e. The summed E-state index contributed by atoms with van der Waals surface area (Å²) in [4.78, 5) is 44.2. The molecular weight excluding hydrogens is 726 g/mol. The number of aliphatic imine (C=N–C) groups is 1. The van der Waals surface area contributed by atoms with Crippen LogP contribution in [0.3, 0.4) is 0 Å². The SMILES string of the molecule is CCC1C2=CC=NC2=CN1c1c2c(cc3c(=O)cc(C)oc13)CC(OOCC(O)(Cc1ccc(O)cc1)C(O)C(O)C(O)CO)C(C)(CCC1CNC(=O)C1)O2. The number of carbonyl (C=O) groups excluding carboxylic acids is 1. The van der Waals surface area contributed by atoms with Crippen molar-refractivity contribution >= 4 is 28.8 Å². The van der Waals surface area contributed by atoms with Crippen molar-refractivity contribution in [2.45, 2.75) is 101 Å². The molecule has 0 aliphatic carbocycles. The average Bonchev–Trinajstić information content (AvgIpc) is 3.90. The minimum Gasteiger partial charge on any atom is -0.508 e. The van der Waals surface area contributed by atoms with Gasteiger partial charge < -0.3 is 50.0 Å². The molecule has 0 spiro atoms. The third kappa shape index (κ3) is 7.60. The van der Waals surface area contributed by atoms with E-state index in [4.69, 9.17) is 18.9 Å². The number of aryl methyl sites for hydroxylation is 1. The van der Waals surface area contributed by atoms with Crippen molar-refractivity contribution in [3.8, 4) is 11.5 Å². The summed E-state index contributed by atoms with van der Waals surface area (Å²) >= 11 is 0. The molecule has 1 fully saturated rings. The monoisotopic (exact) mass is 775 g/mol. The second kappa shape index (κ2) is 15.7. The number of benzene rings is 2. The third-order valence-electron chi connectivity index (χ3n) is 11.4. The molecular formula is C41H49N3O12. The molecule has 3 aromatic rings. The van der Waals surface area contributed by atoms with Crippen molar-refractivity contribution in [2.24, 2.45) is 10.9 Å². The number of amides is 1. The van der Waals surface area contributed by atoms with Crippen molar-refractivity contribution in [3.63, 3.8) is 0 Å². The van der Waals surface area contributed by atoms with E-state index in [9.17, 15) is 40.2 Å². The van der Waals surface area contributed by atoms with Gasteiger partial charge in [0.05, 0.1) is 23.7 Å². The van der Waals surface area contributed by atoms with Gasteiger partial charge in [0.25, 0.3) is 0 Å².